The molecule has 1 aliphatic rings. The number of nitrogens with two attached hydrogens (primary N) is 1. The minimum Gasteiger partial charge on any atom is -0.369 e. The molecule has 1 atom stereocenters. The van der Waals surface area contributed by atoms with Crippen molar-refractivity contribution in [3.63, 3.8) is 0 Å². The van der Waals surface area contributed by atoms with Crippen LogP contribution in [0.3, 0.4) is 0 Å². The molecule has 0 aromatic carbocycles. The van der Waals surface area contributed by atoms with Crippen molar-refractivity contribution in [2.75, 3.05) is 6.54 Å². The van der Waals surface area contributed by atoms with E-state index in [0.717, 1.165) is 0 Å². The summed E-state index contributed by atoms with van der Waals surface area (Å²) in [7, 11) is 0. The molecular weight excluding hydrogens is 132 g/mol. The fraction of sp³-hybridized carbons (Fsp3) is 0.400. The van der Waals surface area contributed by atoms with E-state index in [2.05, 4.69) is 16.4 Å². The van der Waals surface area contributed by atoms with Gasteiger partial charge in [-0.25, -0.2) is 5.43 Å². The molecule has 0 saturated heterocycles. The number of rotatable bonds is 1. The van der Waals surface area contributed by atoms with Crippen molar-refractivity contribution < 1.29 is 4.79 Å². The Morgan fingerprint density at radius 2 is 2.50 bits per heavy atom. The fourth-order valence-corrected chi connectivity index (χ4v) is 0.681. The van der Waals surface area contributed by atoms with Crippen LogP contribution in [0.1, 0.15) is 0 Å². The first-order valence-electron chi connectivity index (χ1n) is 3.00. The molecule has 5 nitrogen and oxygen atoms in total. The average Bonchev–Trinajstić information content (AvgIpc) is 2.12. The van der Waals surface area contributed by atoms with Gasteiger partial charge in [-0.2, -0.15) is 5.53 Å². The zero-order valence-electron chi connectivity index (χ0n) is 5.42. The fourth-order valence-electron chi connectivity index (χ4n) is 0.681. The van der Waals surface area contributed by atoms with E-state index in [1.54, 1.807) is 12.3 Å². The molecule has 5 N–H and O–H groups in total. The molecule has 0 aliphatic carbocycles. The van der Waals surface area contributed by atoms with Gasteiger partial charge in [-0.15, -0.1) is 0 Å². The summed E-state index contributed by atoms with van der Waals surface area (Å²) in [5.74, 6) is -0.559. The number of hydrazine groups is 2. The molecule has 0 radical (unpaired) electrons. The molecule has 1 rings (SSSR count). The summed E-state index contributed by atoms with van der Waals surface area (Å²) in [5, 5.41) is 0. The molecule has 56 valence electrons. The van der Waals surface area contributed by atoms with E-state index < -0.39 is 0 Å². The minimum atomic E-state index is -0.325. The molecule has 1 heterocycles. The van der Waals surface area contributed by atoms with Crippen LogP contribution in [0.15, 0.2) is 12.3 Å². The number of nitrogens with one attached hydrogen (secondary N) is 3. The van der Waals surface area contributed by atoms with E-state index in [-0.39, 0.29) is 11.8 Å². The van der Waals surface area contributed by atoms with Crippen LogP contribution >= 0.6 is 0 Å². The van der Waals surface area contributed by atoms with Crippen LogP contribution in [-0.2, 0) is 4.79 Å². The van der Waals surface area contributed by atoms with Crippen molar-refractivity contribution in [2.45, 2.75) is 0 Å². The smallest absolute Gasteiger partial charge is 0.225 e. The van der Waals surface area contributed by atoms with E-state index in [4.69, 9.17) is 5.73 Å². The third-order valence-electron chi connectivity index (χ3n) is 1.26. The second-order valence-corrected chi connectivity index (χ2v) is 2.02. The van der Waals surface area contributed by atoms with Crippen molar-refractivity contribution >= 4 is 5.91 Å². The first-order valence-corrected chi connectivity index (χ1v) is 3.00. The first kappa shape index (κ1) is 7.04. The number of hydrogen-bond donors (Lipinski definition) is 4. The Balaban J connectivity index is 2.49. The van der Waals surface area contributed by atoms with E-state index in [1.165, 1.54) is 0 Å². The highest BCUT2D eigenvalue weighted by Gasteiger charge is 2.11. The summed E-state index contributed by atoms with van der Waals surface area (Å²) >= 11 is 0. The highest BCUT2D eigenvalue weighted by Crippen LogP contribution is 1.95. The van der Waals surface area contributed by atoms with Crippen LogP contribution < -0.4 is 22.1 Å². The molecule has 1 unspecified atom stereocenters. The zero-order valence-corrected chi connectivity index (χ0v) is 5.42. The number of carbonyl (C=O) groups is 1. The van der Waals surface area contributed by atoms with Crippen LogP contribution in [-0.4, -0.2) is 12.5 Å². The normalized spacial score (nSPS) is 25.0. The number of hydrogen-bond acceptors (Lipinski definition) is 4. The van der Waals surface area contributed by atoms with Gasteiger partial charge in [-0.3, -0.25) is 4.79 Å². The molecule has 0 aromatic rings. The Bertz CT molecular complexity index is 156. The van der Waals surface area contributed by atoms with Gasteiger partial charge in [0.25, 0.3) is 0 Å². The Hall–Kier alpha value is -1.07. The molecule has 5 heteroatoms. The van der Waals surface area contributed by atoms with Crippen LogP contribution in [0, 0.1) is 5.92 Å². The first-order chi connectivity index (χ1) is 4.80. The molecule has 10 heavy (non-hydrogen) atoms. The number of carbonyl (C=O) groups excluding carboxylic acids is 1. The quantitative estimate of drug-likeness (QED) is 0.349. The summed E-state index contributed by atoms with van der Waals surface area (Å²) in [6, 6.07) is 0. The number of amides is 1. The van der Waals surface area contributed by atoms with Gasteiger partial charge in [-0.1, -0.05) is 6.08 Å². The van der Waals surface area contributed by atoms with Crippen LogP contribution in [0.4, 0.5) is 0 Å². The van der Waals surface area contributed by atoms with Gasteiger partial charge in [0.2, 0.25) is 5.91 Å². The monoisotopic (exact) mass is 142 g/mol. The standard InChI is InChI=1S/C5H10N4O/c6-5(10)4-1-2-7-9-8-3-4/h1-2,4,7-9H,3H2,(H2,6,10). The zero-order chi connectivity index (χ0) is 7.40. The van der Waals surface area contributed by atoms with Gasteiger partial charge in [0, 0.05) is 12.7 Å². The van der Waals surface area contributed by atoms with Crippen molar-refractivity contribution in [1.82, 2.24) is 16.4 Å². The van der Waals surface area contributed by atoms with E-state index in [1.807, 2.05) is 0 Å². The molecular formula is C5H10N4O. The minimum absolute atomic E-state index is 0.234. The third kappa shape index (κ3) is 1.71. The van der Waals surface area contributed by atoms with Crippen LogP contribution in [0.5, 0.6) is 0 Å². The maximum atomic E-state index is 10.6. The molecule has 1 aliphatic heterocycles. The van der Waals surface area contributed by atoms with Gasteiger partial charge in [0.15, 0.2) is 0 Å². The van der Waals surface area contributed by atoms with Crippen molar-refractivity contribution in [3.8, 4) is 0 Å². The maximum absolute atomic E-state index is 10.6. The molecule has 0 fully saturated rings. The largest absolute Gasteiger partial charge is 0.369 e. The van der Waals surface area contributed by atoms with Gasteiger partial charge in [0.05, 0.1) is 5.92 Å². The summed E-state index contributed by atoms with van der Waals surface area (Å²) in [5.41, 5.74) is 13.1. The molecule has 0 bridgehead atoms. The second-order valence-electron chi connectivity index (χ2n) is 2.02. The van der Waals surface area contributed by atoms with Crippen molar-refractivity contribution in [3.05, 3.63) is 12.3 Å². The lowest BCUT2D eigenvalue weighted by atomic mass is 10.1. The molecule has 1 amide bonds. The van der Waals surface area contributed by atoms with Crippen LogP contribution in [0.25, 0.3) is 0 Å². The Labute approximate surface area is 58.6 Å². The highest BCUT2D eigenvalue weighted by molar-refractivity contribution is 5.78. The van der Waals surface area contributed by atoms with Crippen LogP contribution in [0.2, 0.25) is 0 Å². The van der Waals surface area contributed by atoms with Gasteiger partial charge in [0.1, 0.15) is 0 Å². The third-order valence-corrected chi connectivity index (χ3v) is 1.26. The van der Waals surface area contributed by atoms with Gasteiger partial charge < -0.3 is 11.2 Å². The SMILES string of the molecule is NC(=O)C1C=CNNNC1. The molecule has 0 saturated carbocycles. The van der Waals surface area contributed by atoms with Crippen molar-refractivity contribution in [1.29, 1.82) is 0 Å². The lowest BCUT2D eigenvalue weighted by Gasteiger charge is -2.05. The molecule has 0 spiro atoms. The topological polar surface area (TPSA) is 79.2 Å². The Morgan fingerprint density at radius 3 is 3.20 bits per heavy atom. The number of primary amides is 1. The van der Waals surface area contributed by atoms with E-state index in [0.29, 0.717) is 6.54 Å². The maximum Gasteiger partial charge on any atom is 0.225 e. The summed E-state index contributed by atoms with van der Waals surface area (Å²) in [4.78, 5) is 10.6. The Kier molecular flexibility index (Phi) is 2.24. The Morgan fingerprint density at radius 1 is 1.70 bits per heavy atom. The predicted octanol–water partition coefficient (Wildman–Crippen LogP) is -1.79. The van der Waals surface area contributed by atoms with Gasteiger partial charge >= 0.3 is 0 Å². The van der Waals surface area contributed by atoms with Gasteiger partial charge in [-0.05, 0) is 0 Å². The second kappa shape index (κ2) is 3.19. The average molecular weight is 142 g/mol. The summed E-state index contributed by atoms with van der Waals surface area (Å²) in [6.45, 7) is 0.513. The van der Waals surface area contributed by atoms with E-state index >= 15 is 0 Å². The predicted molar refractivity (Wildman–Crippen MR) is 36.1 cm³/mol. The van der Waals surface area contributed by atoms with Crippen molar-refractivity contribution in [2.24, 2.45) is 11.7 Å². The summed E-state index contributed by atoms with van der Waals surface area (Å²) < 4.78 is 0. The van der Waals surface area contributed by atoms with E-state index in [9.17, 15) is 4.79 Å². The summed E-state index contributed by atoms with van der Waals surface area (Å²) in [6.07, 6.45) is 3.34. The lowest BCUT2D eigenvalue weighted by Crippen LogP contribution is -2.42. The lowest BCUT2D eigenvalue weighted by molar-refractivity contribution is -0.120. The highest BCUT2D eigenvalue weighted by atomic mass is 16.1. The molecule has 0 aromatic heterocycles.